The van der Waals surface area contributed by atoms with Crippen LogP contribution in [-0.4, -0.2) is 11.2 Å². The summed E-state index contributed by atoms with van der Waals surface area (Å²) in [6, 6.07) is 7.10. The minimum Gasteiger partial charge on any atom is -0.361 e. The molecule has 0 radical (unpaired) electrons. The lowest BCUT2D eigenvalue weighted by Gasteiger charge is -2.19. The molecule has 1 atom stereocenters. The van der Waals surface area contributed by atoms with Crippen molar-refractivity contribution in [3.05, 3.63) is 36.0 Å². The van der Waals surface area contributed by atoms with Gasteiger partial charge in [0.15, 0.2) is 0 Å². The Labute approximate surface area is 97.6 Å². The van der Waals surface area contributed by atoms with Crippen molar-refractivity contribution in [3.8, 4) is 0 Å². The fourth-order valence-electron chi connectivity index (χ4n) is 2.17. The number of alkyl halides is 3. The number of rotatable bonds is 3. The molecule has 17 heavy (non-hydrogen) atoms. The van der Waals surface area contributed by atoms with E-state index in [-0.39, 0.29) is 6.42 Å². The normalized spacial score (nSPS) is 14.1. The van der Waals surface area contributed by atoms with E-state index in [1.54, 1.807) is 25.1 Å². The first-order valence-electron chi connectivity index (χ1n) is 5.66. The van der Waals surface area contributed by atoms with E-state index < -0.39 is 12.1 Å². The molecule has 0 aliphatic rings. The second-order valence-corrected chi connectivity index (χ2v) is 4.17. The molecule has 1 nitrogen and oxygen atoms in total. The summed E-state index contributed by atoms with van der Waals surface area (Å²) in [6.07, 6.45) is -2.05. The first kappa shape index (κ1) is 12.0. The number of nitrogens with one attached hydrogen (secondary N) is 1. The zero-order chi connectivity index (χ0) is 12.5. The van der Waals surface area contributed by atoms with E-state index in [0.717, 1.165) is 5.52 Å². The van der Waals surface area contributed by atoms with E-state index in [2.05, 4.69) is 4.98 Å². The monoisotopic (exact) mass is 241 g/mol. The molecule has 2 aromatic rings. The fraction of sp³-hybridized carbons (Fsp3) is 0.385. The van der Waals surface area contributed by atoms with Gasteiger partial charge in [-0.25, -0.2) is 0 Å². The molecule has 0 spiro atoms. The van der Waals surface area contributed by atoms with Gasteiger partial charge in [-0.3, -0.25) is 0 Å². The molecular formula is C13H14F3N. The fourth-order valence-corrected chi connectivity index (χ4v) is 2.17. The first-order chi connectivity index (χ1) is 8.04. The van der Waals surface area contributed by atoms with Crippen molar-refractivity contribution < 1.29 is 13.2 Å². The van der Waals surface area contributed by atoms with Crippen molar-refractivity contribution in [3.63, 3.8) is 0 Å². The lowest BCUT2D eigenvalue weighted by Crippen LogP contribution is -2.20. The van der Waals surface area contributed by atoms with Gasteiger partial charge in [-0.2, -0.15) is 13.2 Å². The van der Waals surface area contributed by atoms with Crippen LogP contribution in [0.5, 0.6) is 0 Å². The number of hydrogen-bond acceptors (Lipinski definition) is 0. The summed E-state index contributed by atoms with van der Waals surface area (Å²) in [5, 5.41) is 0.670. The van der Waals surface area contributed by atoms with E-state index >= 15 is 0 Å². The maximum absolute atomic E-state index is 13.0. The number of benzene rings is 1. The molecule has 0 saturated carbocycles. The highest BCUT2D eigenvalue weighted by molar-refractivity contribution is 5.83. The zero-order valence-corrected chi connectivity index (χ0v) is 9.51. The summed E-state index contributed by atoms with van der Waals surface area (Å²) in [7, 11) is 0. The van der Waals surface area contributed by atoms with Gasteiger partial charge >= 0.3 is 6.18 Å². The standard InChI is InChI=1S/C13H14F3N/c1-2-5-11(13(14,15)16)10-8-17-12-7-4-3-6-9(10)12/h3-4,6-8,11,17H,2,5H2,1H3. The second-order valence-electron chi connectivity index (χ2n) is 4.17. The Kier molecular flexibility index (Phi) is 3.13. The van der Waals surface area contributed by atoms with Gasteiger partial charge in [0.2, 0.25) is 0 Å². The highest BCUT2D eigenvalue weighted by atomic mass is 19.4. The van der Waals surface area contributed by atoms with Crippen LogP contribution in [0.4, 0.5) is 13.2 Å². The summed E-state index contributed by atoms with van der Waals surface area (Å²) < 4.78 is 39.0. The molecule has 0 fully saturated rings. The summed E-state index contributed by atoms with van der Waals surface area (Å²) in [4.78, 5) is 2.90. The van der Waals surface area contributed by atoms with E-state index in [1.807, 2.05) is 6.07 Å². The first-order valence-corrected chi connectivity index (χ1v) is 5.66. The molecule has 0 saturated heterocycles. The molecule has 1 aromatic carbocycles. The van der Waals surface area contributed by atoms with E-state index in [0.29, 0.717) is 17.4 Å². The molecule has 0 aliphatic heterocycles. The molecule has 4 heteroatoms. The van der Waals surface area contributed by atoms with Crippen molar-refractivity contribution in [1.29, 1.82) is 0 Å². The van der Waals surface area contributed by atoms with Crippen LogP contribution < -0.4 is 0 Å². The van der Waals surface area contributed by atoms with Gasteiger partial charge in [0.1, 0.15) is 0 Å². The molecule has 1 N–H and O–H groups in total. The predicted octanol–water partition coefficient (Wildman–Crippen LogP) is 4.61. The number of aromatic nitrogens is 1. The van der Waals surface area contributed by atoms with E-state index in [9.17, 15) is 13.2 Å². The second kappa shape index (κ2) is 4.43. The molecule has 0 amide bonds. The third kappa shape index (κ3) is 2.30. The SMILES string of the molecule is CCCC(c1c[nH]c2ccccc12)C(F)(F)F. The lowest BCUT2D eigenvalue weighted by molar-refractivity contribution is -0.151. The average Bonchev–Trinajstić information content (AvgIpc) is 2.68. The smallest absolute Gasteiger partial charge is 0.361 e. The van der Waals surface area contributed by atoms with Crippen LogP contribution in [0, 0.1) is 0 Å². The summed E-state index contributed by atoms with van der Waals surface area (Å²) in [6.45, 7) is 1.77. The Bertz CT molecular complexity index is 499. The van der Waals surface area contributed by atoms with Crippen LogP contribution in [0.25, 0.3) is 10.9 Å². The Balaban J connectivity index is 2.49. The molecule has 2 rings (SSSR count). The Morgan fingerprint density at radius 1 is 1.24 bits per heavy atom. The topological polar surface area (TPSA) is 15.8 Å². The van der Waals surface area contributed by atoms with Crippen LogP contribution in [0.1, 0.15) is 31.2 Å². The number of aromatic amines is 1. The average molecular weight is 241 g/mol. The zero-order valence-electron chi connectivity index (χ0n) is 9.51. The number of hydrogen-bond donors (Lipinski definition) is 1. The van der Waals surface area contributed by atoms with Gasteiger partial charge in [0, 0.05) is 17.1 Å². The Hall–Kier alpha value is -1.45. The van der Waals surface area contributed by atoms with Crippen LogP contribution in [0.3, 0.4) is 0 Å². The summed E-state index contributed by atoms with van der Waals surface area (Å²) in [5.74, 6) is -1.37. The minimum atomic E-state index is -4.18. The van der Waals surface area contributed by atoms with Gasteiger partial charge < -0.3 is 4.98 Å². The van der Waals surface area contributed by atoms with Gasteiger partial charge in [-0.15, -0.1) is 0 Å². The van der Waals surface area contributed by atoms with Crippen LogP contribution >= 0.6 is 0 Å². The molecular weight excluding hydrogens is 227 g/mol. The van der Waals surface area contributed by atoms with Crippen molar-refractivity contribution in [2.24, 2.45) is 0 Å². The molecule has 0 aliphatic carbocycles. The molecule has 1 heterocycles. The highest BCUT2D eigenvalue weighted by Crippen LogP contribution is 2.40. The van der Waals surface area contributed by atoms with Crippen LogP contribution in [-0.2, 0) is 0 Å². The van der Waals surface area contributed by atoms with Gasteiger partial charge in [-0.05, 0) is 18.1 Å². The number of fused-ring (bicyclic) bond motifs is 1. The maximum atomic E-state index is 13.0. The lowest BCUT2D eigenvalue weighted by atomic mass is 9.93. The third-order valence-corrected chi connectivity index (χ3v) is 2.97. The highest BCUT2D eigenvalue weighted by Gasteiger charge is 2.40. The minimum absolute atomic E-state index is 0.130. The molecule has 1 unspecified atom stereocenters. The van der Waals surface area contributed by atoms with Crippen molar-refractivity contribution in [1.82, 2.24) is 4.98 Å². The van der Waals surface area contributed by atoms with Crippen LogP contribution in [0.15, 0.2) is 30.5 Å². The van der Waals surface area contributed by atoms with Crippen LogP contribution in [0.2, 0.25) is 0 Å². The van der Waals surface area contributed by atoms with Gasteiger partial charge in [-0.1, -0.05) is 31.5 Å². The van der Waals surface area contributed by atoms with E-state index in [4.69, 9.17) is 0 Å². The number of para-hydroxylation sites is 1. The number of H-pyrrole nitrogens is 1. The predicted molar refractivity (Wildman–Crippen MR) is 62.0 cm³/mol. The maximum Gasteiger partial charge on any atom is 0.395 e. The molecule has 92 valence electrons. The largest absolute Gasteiger partial charge is 0.395 e. The van der Waals surface area contributed by atoms with Crippen molar-refractivity contribution >= 4 is 10.9 Å². The quantitative estimate of drug-likeness (QED) is 0.807. The third-order valence-electron chi connectivity index (χ3n) is 2.97. The summed E-state index contributed by atoms with van der Waals surface area (Å²) >= 11 is 0. The Morgan fingerprint density at radius 3 is 2.59 bits per heavy atom. The summed E-state index contributed by atoms with van der Waals surface area (Å²) in [5.41, 5.74) is 1.11. The molecule has 0 bridgehead atoms. The van der Waals surface area contributed by atoms with E-state index in [1.165, 1.54) is 6.20 Å². The Morgan fingerprint density at radius 2 is 1.94 bits per heavy atom. The number of halogens is 3. The van der Waals surface area contributed by atoms with Crippen molar-refractivity contribution in [2.45, 2.75) is 31.9 Å². The van der Waals surface area contributed by atoms with Gasteiger partial charge in [0.25, 0.3) is 0 Å². The molecule has 1 aromatic heterocycles. The van der Waals surface area contributed by atoms with Gasteiger partial charge in [0.05, 0.1) is 5.92 Å². The van der Waals surface area contributed by atoms with Crippen molar-refractivity contribution in [2.75, 3.05) is 0 Å².